The topological polar surface area (TPSA) is 163 Å². The Morgan fingerprint density at radius 1 is 0.800 bits per heavy atom. The predicted molar refractivity (Wildman–Crippen MR) is 144 cm³/mol. The molecule has 17 heteroatoms. The number of carbonyl (C=O) groups is 4. The summed E-state index contributed by atoms with van der Waals surface area (Å²) in [6.07, 6.45) is -15.8. The largest absolute Gasteiger partial charge is 0.497 e. The number of amides is 2. The van der Waals surface area contributed by atoms with Crippen LogP contribution in [0.25, 0.3) is 0 Å². The summed E-state index contributed by atoms with van der Waals surface area (Å²) in [4.78, 5) is 48.7. The summed E-state index contributed by atoms with van der Waals surface area (Å²) in [6.45, 7) is -0.615. The molecule has 0 unspecified atom stereocenters. The summed E-state index contributed by atoms with van der Waals surface area (Å²) in [5.41, 5.74) is 0.951. The maximum absolute atomic E-state index is 13.4. The molecule has 45 heavy (non-hydrogen) atoms. The summed E-state index contributed by atoms with van der Waals surface area (Å²) in [5.74, 6) is -8.69. The highest BCUT2D eigenvalue weighted by Crippen LogP contribution is 2.42. The van der Waals surface area contributed by atoms with Crippen molar-refractivity contribution in [3.8, 4) is 5.75 Å². The number of benzene rings is 2. The van der Waals surface area contributed by atoms with E-state index in [1.165, 1.54) is 31.4 Å². The number of hydrogen-bond donors (Lipinski definition) is 5. The molecule has 11 nitrogen and oxygen atoms in total. The van der Waals surface area contributed by atoms with Gasteiger partial charge in [0.2, 0.25) is 5.91 Å². The number of halogens is 6. The average Bonchev–Trinajstić information content (AvgIpc) is 2.96. The van der Waals surface area contributed by atoms with Crippen LogP contribution < -0.4 is 20.7 Å². The third-order valence-electron chi connectivity index (χ3n) is 6.41. The lowest BCUT2D eigenvalue weighted by Crippen LogP contribution is -2.57. The first-order valence-corrected chi connectivity index (χ1v) is 13.2. The molecule has 2 aromatic carbocycles. The number of hydrogen-bond acceptors (Lipinski definition) is 7. The molecular weight excluding hydrogens is 620 g/mol. The number of alkyl halides is 6. The molecule has 0 saturated heterocycles. The van der Waals surface area contributed by atoms with E-state index >= 15 is 0 Å². The standard InChI is InChI=1S/C28H31F6N3O8/c1-44-18-9-7-16(8-10-18)13-21(25(41)42)37-23(38)20(14-22(27(29,30)31)28(32,33)34)36-19(24(39)40)11-12-35-26(43)45-15-17-5-3-2-4-6-17/h2-10,19-22,36H,11-15H2,1H3,(H,35,43)(H,37,38)(H,39,40)(H,41,42)/t19-,20+,21+/m1/s1. The highest BCUT2D eigenvalue weighted by atomic mass is 19.4. The molecule has 3 atom stereocenters. The molecule has 2 rings (SSSR count). The fourth-order valence-corrected chi connectivity index (χ4v) is 4.02. The van der Waals surface area contributed by atoms with Crippen molar-refractivity contribution < 1.29 is 65.2 Å². The van der Waals surface area contributed by atoms with Crippen LogP contribution in [0.5, 0.6) is 5.75 Å². The minimum Gasteiger partial charge on any atom is -0.497 e. The molecule has 0 radical (unpaired) electrons. The summed E-state index contributed by atoms with van der Waals surface area (Å²) in [6, 6.07) is 7.97. The Morgan fingerprint density at radius 3 is 1.89 bits per heavy atom. The monoisotopic (exact) mass is 651 g/mol. The van der Waals surface area contributed by atoms with E-state index in [9.17, 15) is 55.7 Å². The fraction of sp³-hybridized carbons (Fsp3) is 0.429. The molecule has 0 saturated carbocycles. The summed E-state index contributed by atoms with van der Waals surface area (Å²) in [7, 11) is 1.37. The van der Waals surface area contributed by atoms with Gasteiger partial charge in [-0.1, -0.05) is 42.5 Å². The molecule has 5 N–H and O–H groups in total. The second-order valence-corrected chi connectivity index (χ2v) is 9.71. The molecule has 0 aliphatic rings. The molecule has 0 aliphatic carbocycles. The third kappa shape index (κ3) is 12.5. The average molecular weight is 652 g/mol. The lowest BCUT2D eigenvalue weighted by molar-refractivity contribution is -0.286. The SMILES string of the molecule is COc1ccc(C[C@H](NC(=O)[C@H](CC(C(F)(F)F)C(F)(F)F)N[C@H](CCNC(=O)OCc2ccccc2)C(=O)O)C(=O)O)cc1. The van der Waals surface area contributed by atoms with Crippen molar-refractivity contribution in [3.05, 3.63) is 65.7 Å². The van der Waals surface area contributed by atoms with E-state index in [4.69, 9.17) is 9.47 Å². The van der Waals surface area contributed by atoms with Crippen LogP contribution in [0, 0.1) is 5.92 Å². The van der Waals surface area contributed by atoms with Crippen LogP contribution >= 0.6 is 0 Å². The molecule has 248 valence electrons. The van der Waals surface area contributed by atoms with E-state index in [-0.39, 0.29) is 6.61 Å². The van der Waals surface area contributed by atoms with Crippen molar-refractivity contribution in [2.45, 2.75) is 56.3 Å². The second kappa shape index (κ2) is 16.5. The van der Waals surface area contributed by atoms with E-state index < -0.39 is 86.1 Å². The van der Waals surface area contributed by atoms with Gasteiger partial charge in [0.25, 0.3) is 0 Å². The Bertz CT molecular complexity index is 1260. The molecule has 0 fully saturated rings. The quantitative estimate of drug-likeness (QED) is 0.171. The summed E-state index contributed by atoms with van der Waals surface area (Å²) < 4.78 is 90.3. The molecule has 2 amide bonds. The van der Waals surface area contributed by atoms with Gasteiger partial charge in [0.1, 0.15) is 24.4 Å². The van der Waals surface area contributed by atoms with E-state index in [0.29, 0.717) is 16.9 Å². The lowest BCUT2D eigenvalue weighted by Gasteiger charge is -2.29. The Kier molecular flexibility index (Phi) is 13.4. The predicted octanol–water partition coefficient (Wildman–Crippen LogP) is 3.67. The van der Waals surface area contributed by atoms with Crippen LogP contribution in [-0.2, 0) is 32.1 Å². The van der Waals surface area contributed by atoms with Crippen LogP contribution in [-0.4, -0.2) is 78.3 Å². The number of carboxylic acid groups (broad SMARTS) is 2. The number of rotatable bonds is 16. The van der Waals surface area contributed by atoms with Crippen LogP contribution in [0.2, 0.25) is 0 Å². The lowest BCUT2D eigenvalue weighted by atomic mass is 9.96. The van der Waals surface area contributed by atoms with Crippen molar-refractivity contribution in [1.29, 1.82) is 0 Å². The molecule has 2 aromatic rings. The van der Waals surface area contributed by atoms with E-state index in [0.717, 1.165) is 0 Å². The van der Waals surface area contributed by atoms with Crippen molar-refractivity contribution in [2.24, 2.45) is 5.92 Å². The van der Waals surface area contributed by atoms with Crippen LogP contribution in [0.3, 0.4) is 0 Å². The van der Waals surface area contributed by atoms with Crippen molar-refractivity contribution in [3.63, 3.8) is 0 Å². The van der Waals surface area contributed by atoms with Crippen LogP contribution in [0.4, 0.5) is 31.1 Å². The number of aliphatic carboxylic acids is 2. The van der Waals surface area contributed by atoms with Crippen molar-refractivity contribution in [2.75, 3.05) is 13.7 Å². The Morgan fingerprint density at radius 2 is 1.38 bits per heavy atom. The molecule has 0 aliphatic heterocycles. The number of alkyl carbamates (subject to hydrolysis) is 1. The van der Waals surface area contributed by atoms with Gasteiger partial charge in [0.15, 0.2) is 5.92 Å². The van der Waals surface area contributed by atoms with Gasteiger partial charge in [0, 0.05) is 13.0 Å². The van der Waals surface area contributed by atoms with Crippen LogP contribution in [0.1, 0.15) is 24.0 Å². The molecule has 0 aromatic heterocycles. The zero-order valence-electron chi connectivity index (χ0n) is 23.7. The Balaban J connectivity index is 2.20. The van der Waals surface area contributed by atoms with Crippen molar-refractivity contribution >= 4 is 23.9 Å². The number of ether oxygens (including phenoxy) is 2. The zero-order valence-corrected chi connectivity index (χ0v) is 23.7. The molecule has 0 spiro atoms. The summed E-state index contributed by atoms with van der Waals surface area (Å²) in [5, 5.41) is 25.3. The maximum atomic E-state index is 13.4. The third-order valence-corrected chi connectivity index (χ3v) is 6.41. The van der Waals surface area contributed by atoms with Gasteiger partial charge in [0.05, 0.1) is 13.2 Å². The van der Waals surface area contributed by atoms with E-state index in [1.54, 1.807) is 30.3 Å². The highest BCUT2D eigenvalue weighted by Gasteiger charge is 2.57. The minimum atomic E-state index is -5.88. The second-order valence-electron chi connectivity index (χ2n) is 9.71. The van der Waals surface area contributed by atoms with Gasteiger partial charge in [-0.3, -0.25) is 14.9 Å². The molecule has 0 heterocycles. The fourth-order valence-electron chi connectivity index (χ4n) is 4.02. The smallest absolute Gasteiger partial charge is 0.407 e. The van der Waals surface area contributed by atoms with Gasteiger partial charge >= 0.3 is 30.4 Å². The summed E-state index contributed by atoms with van der Waals surface area (Å²) >= 11 is 0. The minimum absolute atomic E-state index is 0.146. The Hall–Kier alpha value is -4.54. The number of carbonyl (C=O) groups excluding carboxylic acids is 2. The van der Waals surface area contributed by atoms with Crippen LogP contribution in [0.15, 0.2) is 54.6 Å². The first-order chi connectivity index (χ1) is 21.0. The van der Waals surface area contributed by atoms with Gasteiger partial charge < -0.3 is 30.3 Å². The zero-order chi connectivity index (χ0) is 33.8. The number of carboxylic acids is 2. The Labute approximate surface area is 252 Å². The number of nitrogens with one attached hydrogen (secondary N) is 3. The molecular formula is C28H31F6N3O8. The van der Waals surface area contributed by atoms with Gasteiger partial charge in [-0.05, 0) is 36.1 Å². The van der Waals surface area contributed by atoms with Gasteiger partial charge in [-0.25, -0.2) is 9.59 Å². The highest BCUT2D eigenvalue weighted by molar-refractivity contribution is 5.87. The molecule has 0 bridgehead atoms. The first kappa shape index (κ1) is 36.7. The van der Waals surface area contributed by atoms with Gasteiger partial charge in [-0.15, -0.1) is 0 Å². The van der Waals surface area contributed by atoms with Crippen molar-refractivity contribution in [1.82, 2.24) is 16.0 Å². The maximum Gasteiger partial charge on any atom is 0.407 e. The normalized spacial score (nSPS) is 13.8. The van der Waals surface area contributed by atoms with E-state index in [2.05, 4.69) is 5.32 Å². The van der Waals surface area contributed by atoms with Gasteiger partial charge in [-0.2, -0.15) is 26.3 Å². The first-order valence-electron chi connectivity index (χ1n) is 13.2. The number of methoxy groups -OCH3 is 1. The van der Waals surface area contributed by atoms with E-state index in [1.807, 2.05) is 10.6 Å².